The van der Waals surface area contributed by atoms with E-state index in [2.05, 4.69) is 26.2 Å². The van der Waals surface area contributed by atoms with E-state index in [0.717, 1.165) is 17.3 Å². The van der Waals surface area contributed by atoms with Crippen molar-refractivity contribution in [3.8, 4) is 5.75 Å². The van der Waals surface area contributed by atoms with Gasteiger partial charge in [0.25, 0.3) is 5.91 Å². The quantitative estimate of drug-likeness (QED) is 0.514. The number of benzene rings is 2. The van der Waals surface area contributed by atoms with E-state index in [1.54, 1.807) is 24.3 Å². The first-order chi connectivity index (χ1) is 13.6. The molecule has 7 nitrogen and oxygen atoms in total. The second-order valence-corrected chi connectivity index (χ2v) is 9.54. The Morgan fingerprint density at radius 1 is 1.21 bits per heavy atom. The first kappa shape index (κ1) is 21.3. The molecule has 0 bridgehead atoms. The molecule has 0 spiro atoms. The molecule has 0 fully saturated rings. The molecule has 2 aromatic rings. The Bertz CT molecular complexity index is 1160. The summed E-state index contributed by atoms with van der Waals surface area (Å²) in [4.78, 5) is 27.3. The largest absolute Gasteiger partial charge is 0.378 e. The number of amides is 2. The number of carbonyl (C=O) groups excluding carboxylic acids is 2. The first-order valence-corrected chi connectivity index (χ1v) is 11.3. The van der Waals surface area contributed by atoms with Gasteiger partial charge in [0.2, 0.25) is 5.91 Å². The van der Waals surface area contributed by atoms with Gasteiger partial charge in [-0.1, -0.05) is 33.6 Å². The van der Waals surface area contributed by atoms with Crippen LogP contribution in [-0.4, -0.2) is 25.4 Å². The third-order valence-corrected chi connectivity index (χ3v) is 6.31. The summed E-state index contributed by atoms with van der Waals surface area (Å²) in [7, 11) is -4.06. The van der Waals surface area contributed by atoms with Gasteiger partial charge in [0.05, 0.1) is 4.91 Å². The van der Waals surface area contributed by atoms with Gasteiger partial charge in [-0.05, 0) is 55.1 Å². The standard InChI is InChI=1S/C19H15BrN2O5S2/c1-11-3-6-15(7-4-11)29(25,26)27-16-8-5-14(20)9-13(16)10-17-18(24)22-19(28-17)21-12(2)23/h3-10H,1-2H3,(H,21,22,23,24)/b17-10-. The third-order valence-electron chi connectivity index (χ3n) is 3.67. The van der Waals surface area contributed by atoms with Crippen LogP contribution in [0.25, 0.3) is 6.08 Å². The summed E-state index contributed by atoms with van der Waals surface area (Å²) >= 11 is 4.31. The maximum atomic E-state index is 12.6. The number of nitrogens with zero attached hydrogens (tertiary/aromatic N) is 1. The number of carbonyl (C=O) groups is 2. The van der Waals surface area contributed by atoms with Crippen LogP contribution in [0.1, 0.15) is 18.1 Å². The van der Waals surface area contributed by atoms with Crippen LogP contribution in [0.5, 0.6) is 5.75 Å². The van der Waals surface area contributed by atoms with Crippen LogP contribution in [0.15, 0.2) is 61.7 Å². The van der Waals surface area contributed by atoms with E-state index < -0.39 is 16.0 Å². The number of aryl methyl sites for hydroxylation is 1. The lowest BCUT2D eigenvalue weighted by Gasteiger charge is -2.11. The van der Waals surface area contributed by atoms with E-state index >= 15 is 0 Å². The predicted octanol–water partition coefficient (Wildman–Crippen LogP) is 3.63. The Labute approximate surface area is 180 Å². The van der Waals surface area contributed by atoms with Crippen LogP contribution in [0.4, 0.5) is 0 Å². The molecule has 0 aromatic heterocycles. The molecule has 0 atom stereocenters. The number of hydrogen-bond acceptors (Lipinski definition) is 6. The average Bonchev–Trinajstić information content (AvgIpc) is 2.96. The summed E-state index contributed by atoms with van der Waals surface area (Å²) in [6.45, 7) is 3.16. The van der Waals surface area contributed by atoms with Crippen molar-refractivity contribution in [3.05, 3.63) is 63.0 Å². The zero-order chi connectivity index (χ0) is 21.2. The van der Waals surface area contributed by atoms with Crippen LogP contribution in [0.2, 0.25) is 0 Å². The zero-order valence-electron chi connectivity index (χ0n) is 15.3. The first-order valence-electron chi connectivity index (χ1n) is 8.25. The molecule has 3 rings (SSSR count). The van der Waals surface area contributed by atoms with Gasteiger partial charge in [-0.2, -0.15) is 13.4 Å². The molecule has 0 saturated carbocycles. The van der Waals surface area contributed by atoms with Gasteiger partial charge < -0.3 is 9.50 Å². The molecule has 29 heavy (non-hydrogen) atoms. The van der Waals surface area contributed by atoms with E-state index in [-0.39, 0.29) is 26.6 Å². The number of rotatable bonds is 4. The van der Waals surface area contributed by atoms with Gasteiger partial charge in [-0.3, -0.25) is 9.59 Å². The SMILES string of the molecule is CC(=O)NC1=NC(=O)/C(=C/c2cc(Br)ccc2OS(=O)(=O)c2ccc(C)cc2)S1. The summed E-state index contributed by atoms with van der Waals surface area (Å²) in [5.41, 5.74) is 1.29. The van der Waals surface area contributed by atoms with Crippen LogP contribution in [0.3, 0.4) is 0 Å². The number of thioether (sulfide) groups is 1. The Morgan fingerprint density at radius 3 is 2.55 bits per heavy atom. The van der Waals surface area contributed by atoms with Gasteiger partial charge in [0.15, 0.2) is 5.17 Å². The fourth-order valence-electron chi connectivity index (χ4n) is 2.33. The number of aliphatic imine (C=N–C) groups is 1. The molecule has 150 valence electrons. The molecule has 2 amide bonds. The average molecular weight is 495 g/mol. The van der Waals surface area contributed by atoms with Crippen molar-refractivity contribution >= 4 is 60.9 Å². The third kappa shape index (κ3) is 5.34. The number of nitrogens with one attached hydrogen (secondary N) is 1. The predicted molar refractivity (Wildman–Crippen MR) is 115 cm³/mol. The van der Waals surface area contributed by atoms with Gasteiger partial charge in [0, 0.05) is 17.0 Å². The number of hydrogen-bond donors (Lipinski definition) is 1. The summed E-state index contributed by atoms with van der Waals surface area (Å²) in [5.74, 6) is -0.824. The number of halogens is 1. The monoisotopic (exact) mass is 494 g/mol. The van der Waals surface area contributed by atoms with Crippen molar-refractivity contribution in [2.75, 3.05) is 0 Å². The van der Waals surface area contributed by atoms with Crippen LogP contribution in [-0.2, 0) is 19.7 Å². The molecule has 0 unspecified atom stereocenters. The normalized spacial score (nSPS) is 15.3. The maximum Gasteiger partial charge on any atom is 0.339 e. The van der Waals surface area contributed by atoms with Gasteiger partial charge >= 0.3 is 10.1 Å². The zero-order valence-corrected chi connectivity index (χ0v) is 18.5. The molecule has 1 N–H and O–H groups in total. The van der Waals surface area contributed by atoms with Crippen molar-refractivity contribution < 1.29 is 22.2 Å². The molecule has 10 heteroatoms. The number of amidine groups is 1. The highest BCUT2D eigenvalue weighted by Crippen LogP contribution is 2.33. The minimum Gasteiger partial charge on any atom is -0.378 e. The second kappa shape index (κ2) is 8.52. The highest BCUT2D eigenvalue weighted by molar-refractivity contribution is 9.10. The lowest BCUT2D eigenvalue weighted by Crippen LogP contribution is -2.23. The minimum atomic E-state index is -4.06. The molecular weight excluding hydrogens is 480 g/mol. The highest BCUT2D eigenvalue weighted by Gasteiger charge is 2.24. The summed E-state index contributed by atoms with van der Waals surface area (Å²) in [6, 6.07) is 11.0. The Kier molecular flexibility index (Phi) is 6.25. The highest BCUT2D eigenvalue weighted by atomic mass is 79.9. The summed E-state index contributed by atoms with van der Waals surface area (Å²) < 4.78 is 31.3. The molecule has 1 aliphatic heterocycles. The second-order valence-electron chi connectivity index (χ2n) is 6.05. The Morgan fingerprint density at radius 2 is 1.90 bits per heavy atom. The van der Waals surface area contributed by atoms with E-state index in [9.17, 15) is 18.0 Å². The van der Waals surface area contributed by atoms with Gasteiger partial charge in [-0.25, -0.2) is 0 Å². The lowest BCUT2D eigenvalue weighted by atomic mass is 10.2. The van der Waals surface area contributed by atoms with Crippen molar-refractivity contribution in [2.45, 2.75) is 18.7 Å². The fourth-order valence-corrected chi connectivity index (χ4v) is 4.52. The molecule has 0 aliphatic carbocycles. The van der Waals surface area contributed by atoms with Crippen molar-refractivity contribution in [1.29, 1.82) is 0 Å². The van der Waals surface area contributed by atoms with E-state index in [4.69, 9.17) is 4.18 Å². The molecule has 1 heterocycles. The minimum absolute atomic E-state index is 0.0206. The maximum absolute atomic E-state index is 12.6. The van der Waals surface area contributed by atoms with E-state index in [1.807, 2.05) is 6.92 Å². The molecule has 2 aromatic carbocycles. The molecular formula is C19H15BrN2O5S2. The van der Waals surface area contributed by atoms with Crippen molar-refractivity contribution in [3.63, 3.8) is 0 Å². The van der Waals surface area contributed by atoms with E-state index in [1.165, 1.54) is 31.2 Å². The Hall–Kier alpha value is -2.43. The van der Waals surface area contributed by atoms with Crippen molar-refractivity contribution in [2.24, 2.45) is 4.99 Å². The van der Waals surface area contributed by atoms with Gasteiger partial charge in [0.1, 0.15) is 10.6 Å². The van der Waals surface area contributed by atoms with E-state index in [0.29, 0.717) is 10.0 Å². The van der Waals surface area contributed by atoms with Crippen LogP contribution in [0, 0.1) is 6.92 Å². The van der Waals surface area contributed by atoms with Crippen LogP contribution < -0.4 is 9.50 Å². The summed E-state index contributed by atoms with van der Waals surface area (Å²) in [6.07, 6.45) is 1.47. The smallest absolute Gasteiger partial charge is 0.339 e. The molecule has 1 aliphatic rings. The fraction of sp³-hybridized carbons (Fsp3) is 0.105. The molecule has 0 radical (unpaired) electrons. The van der Waals surface area contributed by atoms with Crippen LogP contribution >= 0.6 is 27.7 Å². The Balaban J connectivity index is 1.92. The summed E-state index contributed by atoms with van der Waals surface area (Å²) in [5, 5.41) is 2.62. The molecule has 0 saturated heterocycles. The lowest BCUT2D eigenvalue weighted by molar-refractivity contribution is -0.117. The van der Waals surface area contributed by atoms with Gasteiger partial charge in [-0.15, -0.1) is 0 Å². The van der Waals surface area contributed by atoms with Crippen molar-refractivity contribution in [1.82, 2.24) is 5.32 Å². The topological polar surface area (TPSA) is 102 Å².